The Kier molecular flexibility index (Phi) is 5.62. The van der Waals surface area contributed by atoms with E-state index in [1.807, 2.05) is 30.3 Å². The normalized spacial score (nSPS) is 20.1. The van der Waals surface area contributed by atoms with Gasteiger partial charge >= 0.3 is 0 Å². The third-order valence-electron chi connectivity index (χ3n) is 5.29. The summed E-state index contributed by atoms with van der Waals surface area (Å²) in [6.07, 6.45) is 1.47. The fourth-order valence-electron chi connectivity index (χ4n) is 3.68. The number of rotatable bonds is 4. The Morgan fingerprint density at radius 2 is 1.69 bits per heavy atom. The molecule has 0 aliphatic carbocycles. The molecule has 1 unspecified atom stereocenters. The predicted octanol–water partition coefficient (Wildman–Crippen LogP) is 0.992. The van der Waals surface area contributed by atoms with E-state index in [0.29, 0.717) is 38.5 Å². The van der Waals surface area contributed by atoms with Crippen LogP contribution in [0.15, 0.2) is 53.1 Å². The van der Waals surface area contributed by atoms with E-state index in [4.69, 9.17) is 9.15 Å². The first kappa shape index (κ1) is 19.2. The lowest BCUT2D eigenvalue weighted by Crippen LogP contribution is -2.60. The molecule has 0 bridgehead atoms. The molecule has 2 aliphatic heterocycles. The van der Waals surface area contributed by atoms with Crippen LogP contribution in [0.4, 0.5) is 0 Å². The van der Waals surface area contributed by atoms with Crippen LogP contribution in [0.5, 0.6) is 0 Å². The van der Waals surface area contributed by atoms with Crippen LogP contribution in [-0.4, -0.2) is 77.9 Å². The largest absolute Gasteiger partial charge is 0.459 e. The van der Waals surface area contributed by atoms with E-state index in [0.717, 1.165) is 5.56 Å². The highest BCUT2D eigenvalue weighted by molar-refractivity contribution is 5.92. The minimum absolute atomic E-state index is 0.0119. The van der Waals surface area contributed by atoms with Crippen molar-refractivity contribution >= 4 is 17.7 Å². The van der Waals surface area contributed by atoms with Crippen LogP contribution in [0.25, 0.3) is 0 Å². The lowest BCUT2D eigenvalue weighted by atomic mass is 10.1. The molecule has 8 heteroatoms. The molecule has 3 heterocycles. The van der Waals surface area contributed by atoms with Gasteiger partial charge in [-0.15, -0.1) is 0 Å². The van der Waals surface area contributed by atoms with E-state index < -0.39 is 6.04 Å². The molecule has 4 rings (SSSR count). The maximum absolute atomic E-state index is 13.1. The predicted molar refractivity (Wildman–Crippen MR) is 103 cm³/mol. The fraction of sp³-hybridized carbons (Fsp3) is 0.381. The Bertz CT molecular complexity index is 860. The summed E-state index contributed by atoms with van der Waals surface area (Å²) in [6, 6.07) is 12.3. The van der Waals surface area contributed by atoms with E-state index in [1.165, 1.54) is 6.26 Å². The number of carbonyl (C=O) groups is 3. The maximum atomic E-state index is 13.1. The summed E-state index contributed by atoms with van der Waals surface area (Å²) in [5.74, 6) is -0.210. The van der Waals surface area contributed by atoms with Gasteiger partial charge < -0.3 is 23.9 Å². The van der Waals surface area contributed by atoms with Crippen LogP contribution in [0.3, 0.4) is 0 Å². The van der Waals surface area contributed by atoms with Crippen molar-refractivity contribution in [1.82, 2.24) is 14.7 Å². The summed E-state index contributed by atoms with van der Waals surface area (Å²) in [7, 11) is 0. The van der Waals surface area contributed by atoms with Crippen LogP contribution in [0.2, 0.25) is 0 Å². The van der Waals surface area contributed by atoms with Crippen molar-refractivity contribution in [3.05, 3.63) is 60.1 Å². The van der Waals surface area contributed by atoms with E-state index in [-0.39, 0.29) is 30.9 Å². The molecular formula is C21H23N3O5. The van der Waals surface area contributed by atoms with Gasteiger partial charge in [-0.05, 0) is 17.7 Å². The van der Waals surface area contributed by atoms with Crippen LogP contribution in [0, 0.1) is 0 Å². The average molecular weight is 397 g/mol. The van der Waals surface area contributed by atoms with Crippen molar-refractivity contribution in [2.45, 2.75) is 12.6 Å². The molecule has 0 radical (unpaired) electrons. The highest BCUT2D eigenvalue weighted by Gasteiger charge is 2.37. The van der Waals surface area contributed by atoms with Crippen LogP contribution >= 0.6 is 0 Å². The van der Waals surface area contributed by atoms with Gasteiger partial charge in [-0.25, -0.2) is 0 Å². The summed E-state index contributed by atoms with van der Waals surface area (Å²) in [4.78, 5) is 42.9. The molecule has 0 saturated carbocycles. The van der Waals surface area contributed by atoms with E-state index in [2.05, 4.69) is 0 Å². The quantitative estimate of drug-likeness (QED) is 0.768. The summed E-state index contributed by atoms with van der Waals surface area (Å²) < 4.78 is 10.5. The standard InChI is InChI=1S/C21H23N3O5/c25-19-15-28-14-17(24(19)13-16-5-2-1-3-6-16)20(26)22-8-10-23(11-9-22)21(27)18-7-4-12-29-18/h1-7,12,17H,8-11,13-15H2. The lowest BCUT2D eigenvalue weighted by Gasteiger charge is -2.40. The van der Waals surface area contributed by atoms with Crippen molar-refractivity contribution in [1.29, 1.82) is 0 Å². The number of carbonyl (C=O) groups excluding carboxylic acids is 3. The molecule has 3 amide bonds. The van der Waals surface area contributed by atoms with Gasteiger partial charge in [-0.3, -0.25) is 14.4 Å². The number of hydrogen-bond donors (Lipinski definition) is 0. The van der Waals surface area contributed by atoms with Crippen molar-refractivity contribution in [2.75, 3.05) is 39.4 Å². The zero-order chi connectivity index (χ0) is 20.2. The Labute approximate surface area is 168 Å². The highest BCUT2D eigenvalue weighted by atomic mass is 16.5. The van der Waals surface area contributed by atoms with E-state index in [1.54, 1.807) is 26.8 Å². The summed E-state index contributed by atoms with van der Waals surface area (Å²) in [5.41, 5.74) is 0.967. The fourth-order valence-corrected chi connectivity index (χ4v) is 3.68. The van der Waals surface area contributed by atoms with Crippen molar-refractivity contribution in [3.63, 3.8) is 0 Å². The second kappa shape index (κ2) is 8.48. The molecule has 2 fully saturated rings. The highest BCUT2D eigenvalue weighted by Crippen LogP contribution is 2.17. The zero-order valence-electron chi connectivity index (χ0n) is 16.0. The number of morpholine rings is 1. The van der Waals surface area contributed by atoms with Crippen LogP contribution in [0.1, 0.15) is 16.1 Å². The Balaban J connectivity index is 1.40. The van der Waals surface area contributed by atoms with Gasteiger partial charge in [0.2, 0.25) is 11.8 Å². The number of ether oxygens (including phenoxy) is 1. The number of benzene rings is 1. The SMILES string of the molecule is O=C(c1ccco1)N1CCN(C(=O)C2COCC(=O)N2Cc2ccccc2)CC1. The molecule has 29 heavy (non-hydrogen) atoms. The third kappa shape index (κ3) is 4.17. The molecule has 2 saturated heterocycles. The van der Waals surface area contributed by atoms with Gasteiger partial charge in [0.05, 0.1) is 12.9 Å². The molecule has 152 valence electrons. The molecule has 2 aromatic rings. The second-order valence-electron chi connectivity index (χ2n) is 7.13. The molecule has 0 spiro atoms. The maximum Gasteiger partial charge on any atom is 0.289 e. The first-order valence-electron chi connectivity index (χ1n) is 9.66. The van der Waals surface area contributed by atoms with Gasteiger partial charge in [0.1, 0.15) is 12.6 Å². The third-order valence-corrected chi connectivity index (χ3v) is 5.29. The van der Waals surface area contributed by atoms with E-state index >= 15 is 0 Å². The number of hydrogen-bond acceptors (Lipinski definition) is 5. The minimum atomic E-state index is -0.649. The number of furan rings is 1. The first-order valence-corrected chi connectivity index (χ1v) is 9.66. The minimum Gasteiger partial charge on any atom is -0.459 e. The molecule has 2 aliphatic rings. The van der Waals surface area contributed by atoms with Gasteiger partial charge in [0.25, 0.3) is 5.91 Å². The average Bonchev–Trinajstić information content (AvgIpc) is 3.30. The molecule has 1 aromatic carbocycles. The Morgan fingerprint density at radius 3 is 2.38 bits per heavy atom. The topological polar surface area (TPSA) is 83.3 Å². The smallest absolute Gasteiger partial charge is 0.289 e. The van der Waals surface area contributed by atoms with Gasteiger partial charge in [-0.1, -0.05) is 30.3 Å². The number of piperazine rings is 1. The summed E-state index contributed by atoms with van der Waals surface area (Å²) in [6.45, 7) is 2.21. The molecule has 8 nitrogen and oxygen atoms in total. The second-order valence-corrected chi connectivity index (χ2v) is 7.13. The first-order chi connectivity index (χ1) is 14.1. The van der Waals surface area contributed by atoms with Crippen molar-refractivity contribution < 1.29 is 23.5 Å². The van der Waals surface area contributed by atoms with Crippen molar-refractivity contribution in [3.8, 4) is 0 Å². The molecule has 1 aromatic heterocycles. The Morgan fingerprint density at radius 1 is 0.966 bits per heavy atom. The van der Waals surface area contributed by atoms with Crippen LogP contribution in [-0.2, 0) is 20.9 Å². The molecule has 0 N–H and O–H groups in total. The van der Waals surface area contributed by atoms with Crippen LogP contribution < -0.4 is 0 Å². The number of nitrogens with zero attached hydrogens (tertiary/aromatic N) is 3. The zero-order valence-corrected chi connectivity index (χ0v) is 16.0. The molecular weight excluding hydrogens is 374 g/mol. The summed E-state index contributed by atoms with van der Waals surface area (Å²) in [5, 5.41) is 0. The monoisotopic (exact) mass is 397 g/mol. The molecule has 1 atom stereocenters. The van der Waals surface area contributed by atoms with Gasteiger partial charge in [-0.2, -0.15) is 0 Å². The van der Waals surface area contributed by atoms with Gasteiger partial charge in [0.15, 0.2) is 5.76 Å². The van der Waals surface area contributed by atoms with Gasteiger partial charge in [0, 0.05) is 32.7 Å². The lowest BCUT2D eigenvalue weighted by molar-refractivity contribution is -0.160. The summed E-state index contributed by atoms with van der Waals surface area (Å²) >= 11 is 0. The Hall–Kier alpha value is -3.13. The van der Waals surface area contributed by atoms with E-state index in [9.17, 15) is 14.4 Å². The van der Waals surface area contributed by atoms with Crippen molar-refractivity contribution in [2.24, 2.45) is 0 Å². The number of amides is 3.